The first-order valence-corrected chi connectivity index (χ1v) is 10.7. The molecule has 31 heavy (non-hydrogen) atoms. The van der Waals surface area contributed by atoms with Crippen molar-refractivity contribution in [1.29, 1.82) is 0 Å². The third kappa shape index (κ3) is 7.72. The molecule has 0 unspecified atom stereocenters. The molecular formula is C24H33IN4O2. The van der Waals surface area contributed by atoms with Crippen LogP contribution in [-0.2, 0) is 17.9 Å². The van der Waals surface area contributed by atoms with Crippen LogP contribution in [0.3, 0.4) is 0 Å². The Morgan fingerprint density at radius 2 is 1.74 bits per heavy atom. The largest absolute Gasteiger partial charge is 0.492 e. The number of amides is 1. The average molecular weight is 536 g/mol. The van der Waals surface area contributed by atoms with Gasteiger partial charge in [-0.3, -0.25) is 9.79 Å². The lowest BCUT2D eigenvalue weighted by molar-refractivity contribution is -0.131. The summed E-state index contributed by atoms with van der Waals surface area (Å²) in [5, 5.41) is 3.31. The first kappa shape index (κ1) is 25.0. The Kier molecular flexibility index (Phi) is 10.6. The van der Waals surface area contributed by atoms with Crippen LogP contribution >= 0.6 is 24.0 Å². The summed E-state index contributed by atoms with van der Waals surface area (Å²) < 4.78 is 5.77. The molecule has 2 aromatic rings. The minimum Gasteiger partial charge on any atom is -0.492 e. The number of fused-ring (bicyclic) bond motifs is 1. The number of benzene rings is 2. The minimum atomic E-state index is 0. The molecule has 0 aromatic heterocycles. The Hall–Kier alpha value is -2.29. The molecule has 0 saturated heterocycles. The van der Waals surface area contributed by atoms with Crippen LogP contribution in [0.15, 0.2) is 59.6 Å². The van der Waals surface area contributed by atoms with E-state index in [0.29, 0.717) is 19.6 Å². The second-order valence-electron chi connectivity index (χ2n) is 7.44. The Morgan fingerprint density at radius 3 is 2.39 bits per heavy atom. The Labute approximate surface area is 202 Å². The van der Waals surface area contributed by atoms with E-state index in [1.54, 1.807) is 0 Å². The molecule has 0 aliphatic carbocycles. The molecule has 1 aliphatic rings. The van der Waals surface area contributed by atoms with Crippen molar-refractivity contribution in [2.24, 2.45) is 4.99 Å². The van der Waals surface area contributed by atoms with Crippen LogP contribution in [0.5, 0.6) is 5.75 Å². The number of carbonyl (C=O) groups is 1. The van der Waals surface area contributed by atoms with Gasteiger partial charge in [-0.25, -0.2) is 0 Å². The molecular weight excluding hydrogens is 503 g/mol. The van der Waals surface area contributed by atoms with E-state index in [-0.39, 0.29) is 29.9 Å². The summed E-state index contributed by atoms with van der Waals surface area (Å²) in [6.07, 6.45) is 1.27. The molecule has 1 heterocycles. The second kappa shape index (κ2) is 13.2. The highest BCUT2D eigenvalue weighted by Crippen LogP contribution is 2.22. The molecule has 0 spiro atoms. The van der Waals surface area contributed by atoms with Crippen LogP contribution in [-0.4, -0.2) is 55.0 Å². The summed E-state index contributed by atoms with van der Waals surface area (Å²) in [7, 11) is 2.00. The summed E-state index contributed by atoms with van der Waals surface area (Å²) >= 11 is 0. The number of ether oxygens (including phenoxy) is 1. The lowest BCUT2D eigenvalue weighted by Gasteiger charge is -2.22. The molecule has 0 bridgehead atoms. The first-order valence-electron chi connectivity index (χ1n) is 10.7. The maximum Gasteiger partial charge on any atom is 0.223 e. The number of para-hydroxylation sites is 1. The third-order valence-corrected chi connectivity index (χ3v) is 5.14. The normalized spacial score (nSPS) is 12.7. The van der Waals surface area contributed by atoms with Gasteiger partial charge in [0.05, 0.1) is 6.54 Å². The number of carbonyl (C=O) groups excluding carboxylic acids is 1. The van der Waals surface area contributed by atoms with Gasteiger partial charge in [-0.05, 0) is 36.6 Å². The highest BCUT2D eigenvalue weighted by Gasteiger charge is 2.22. The summed E-state index contributed by atoms with van der Waals surface area (Å²) in [6, 6.07) is 18.1. The van der Waals surface area contributed by atoms with E-state index in [2.05, 4.69) is 34.3 Å². The molecule has 0 saturated carbocycles. The van der Waals surface area contributed by atoms with Gasteiger partial charge in [0.15, 0.2) is 5.96 Å². The Morgan fingerprint density at radius 1 is 1.10 bits per heavy atom. The van der Waals surface area contributed by atoms with Crippen LogP contribution in [0, 0.1) is 0 Å². The number of halogens is 1. The van der Waals surface area contributed by atoms with E-state index in [1.807, 2.05) is 54.4 Å². The number of rotatable bonds is 9. The quantitative estimate of drug-likeness (QED) is 0.229. The number of aliphatic imine (C=N–C) groups is 1. The number of likely N-dealkylation sites (N-methyl/N-ethyl adjacent to an activating group) is 1. The minimum absolute atomic E-state index is 0. The van der Waals surface area contributed by atoms with Gasteiger partial charge in [-0.1, -0.05) is 42.5 Å². The van der Waals surface area contributed by atoms with Gasteiger partial charge < -0.3 is 19.9 Å². The number of hydrogen-bond acceptors (Lipinski definition) is 3. The van der Waals surface area contributed by atoms with Crippen molar-refractivity contribution in [2.75, 3.05) is 33.3 Å². The summed E-state index contributed by atoms with van der Waals surface area (Å²) in [5.41, 5.74) is 2.52. The number of nitrogens with zero attached hydrogens (tertiary/aromatic N) is 3. The van der Waals surface area contributed by atoms with Crippen LogP contribution in [0.25, 0.3) is 0 Å². The maximum absolute atomic E-state index is 12.5. The number of guanidine groups is 1. The molecule has 7 heteroatoms. The zero-order chi connectivity index (χ0) is 21.2. The highest BCUT2D eigenvalue weighted by atomic mass is 127. The van der Waals surface area contributed by atoms with Crippen molar-refractivity contribution in [3.8, 4) is 5.75 Å². The van der Waals surface area contributed by atoms with E-state index >= 15 is 0 Å². The summed E-state index contributed by atoms with van der Waals surface area (Å²) in [4.78, 5) is 21.2. The molecule has 0 atom stereocenters. The fourth-order valence-electron chi connectivity index (χ4n) is 3.48. The molecule has 2 aromatic carbocycles. The Bertz CT molecular complexity index is 819. The highest BCUT2D eigenvalue weighted by molar-refractivity contribution is 14.0. The Balaban J connectivity index is 0.00000341. The first-order chi connectivity index (χ1) is 14.7. The van der Waals surface area contributed by atoms with Gasteiger partial charge in [-0.2, -0.15) is 0 Å². The van der Waals surface area contributed by atoms with Gasteiger partial charge in [0, 0.05) is 39.6 Å². The summed E-state index contributed by atoms with van der Waals surface area (Å²) in [6.45, 7) is 6.24. The van der Waals surface area contributed by atoms with Gasteiger partial charge in [0.2, 0.25) is 5.91 Å². The lowest BCUT2D eigenvalue weighted by Crippen LogP contribution is -2.41. The van der Waals surface area contributed by atoms with Crippen LogP contribution in [0.2, 0.25) is 0 Å². The van der Waals surface area contributed by atoms with E-state index in [4.69, 9.17) is 4.74 Å². The van der Waals surface area contributed by atoms with E-state index in [0.717, 1.165) is 44.3 Å². The summed E-state index contributed by atoms with van der Waals surface area (Å²) in [5.74, 6) is 1.92. The number of hydrogen-bond donors (Lipinski definition) is 1. The van der Waals surface area contributed by atoms with E-state index in [1.165, 1.54) is 11.1 Å². The van der Waals surface area contributed by atoms with Crippen molar-refractivity contribution < 1.29 is 9.53 Å². The molecule has 168 valence electrons. The predicted octanol–water partition coefficient (Wildman–Crippen LogP) is 3.90. The van der Waals surface area contributed by atoms with Crippen LogP contribution in [0.4, 0.5) is 0 Å². The fraction of sp³-hybridized carbons (Fsp3) is 0.417. The molecule has 6 nitrogen and oxygen atoms in total. The molecule has 1 N–H and O–H groups in total. The standard InChI is InChI=1S/C24H32N4O2.HI/c1-3-25-24(27(2)16-17-30-22-12-5-4-6-13-22)26-15-9-14-23(29)28-18-20-10-7-8-11-21(20)19-28;/h4-8,10-13H,3,9,14-19H2,1-2H3,(H,25,26);1H. The number of nitrogens with one attached hydrogen (secondary N) is 1. The van der Waals surface area contributed by atoms with E-state index in [9.17, 15) is 4.79 Å². The van der Waals surface area contributed by atoms with Gasteiger partial charge in [0.1, 0.15) is 12.4 Å². The monoisotopic (exact) mass is 536 g/mol. The maximum atomic E-state index is 12.5. The fourth-order valence-corrected chi connectivity index (χ4v) is 3.48. The van der Waals surface area contributed by atoms with Crippen molar-refractivity contribution in [3.63, 3.8) is 0 Å². The van der Waals surface area contributed by atoms with Crippen molar-refractivity contribution in [1.82, 2.24) is 15.1 Å². The van der Waals surface area contributed by atoms with Crippen molar-refractivity contribution in [3.05, 3.63) is 65.7 Å². The van der Waals surface area contributed by atoms with Gasteiger partial charge >= 0.3 is 0 Å². The van der Waals surface area contributed by atoms with E-state index < -0.39 is 0 Å². The van der Waals surface area contributed by atoms with Crippen molar-refractivity contribution >= 4 is 35.8 Å². The zero-order valence-electron chi connectivity index (χ0n) is 18.4. The predicted molar refractivity (Wildman–Crippen MR) is 136 cm³/mol. The second-order valence-corrected chi connectivity index (χ2v) is 7.44. The van der Waals surface area contributed by atoms with Gasteiger partial charge in [-0.15, -0.1) is 24.0 Å². The molecule has 1 amide bonds. The molecule has 0 radical (unpaired) electrons. The topological polar surface area (TPSA) is 57.2 Å². The molecule has 3 rings (SSSR count). The lowest BCUT2D eigenvalue weighted by atomic mass is 10.1. The van der Waals surface area contributed by atoms with Crippen LogP contribution < -0.4 is 10.1 Å². The average Bonchev–Trinajstić information content (AvgIpc) is 3.21. The van der Waals surface area contributed by atoms with Crippen molar-refractivity contribution in [2.45, 2.75) is 32.9 Å². The smallest absolute Gasteiger partial charge is 0.223 e. The van der Waals surface area contributed by atoms with Gasteiger partial charge in [0.25, 0.3) is 0 Å². The third-order valence-electron chi connectivity index (χ3n) is 5.14. The molecule has 0 fully saturated rings. The molecule has 1 aliphatic heterocycles. The zero-order valence-corrected chi connectivity index (χ0v) is 20.7. The van der Waals surface area contributed by atoms with Crippen LogP contribution in [0.1, 0.15) is 30.9 Å². The SMILES string of the molecule is CCNC(=NCCCC(=O)N1Cc2ccccc2C1)N(C)CCOc1ccccc1.I.